The van der Waals surface area contributed by atoms with Crippen LogP contribution in [-0.4, -0.2) is 31.6 Å². The fourth-order valence-electron chi connectivity index (χ4n) is 3.84. The summed E-state index contributed by atoms with van der Waals surface area (Å²) in [4.78, 5) is 13.9. The SMILES string of the molecule is COc1ccc(C[NH+](CC(=O)N[C@H]2CCCC[C@H]2C)C2CC2)cc1. The number of nitrogens with one attached hydrogen (secondary N) is 2. The molecule has 3 atom stereocenters. The van der Waals surface area contributed by atoms with Crippen molar-refractivity contribution < 1.29 is 14.4 Å². The Kier molecular flexibility index (Phi) is 5.77. The van der Waals surface area contributed by atoms with Gasteiger partial charge in [0.05, 0.1) is 13.2 Å². The predicted octanol–water partition coefficient (Wildman–Crippen LogP) is 1.94. The van der Waals surface area contributed by atoms with E-state index in [1.165, 1.54) is 42.6 Å². The largest absolute Gasteiger partial charge is 0.497 e. The third-order valence-corrected chi connectivity index (χ3v) is 5.59. The summed E-state index contributed by atoms with van der Waals surface area (Å²) in [5.41, 5.74) is 1.27. The van der Waals surface area contributed by atoms with Gasteiger partial charge >= 0.3 is 0 Å². The minimum absolute atomic E-state index is 0.226. The number of benzene rings is 1. The highest BCUT2D eigenvalue weighted by Crippen LogP contribution is 2.23. The van der Waals surface area contributed by atoms with Crippen LogP contribution in [0.15, 0.2) is 24.3 Å². The molecule has 2 aliphatic carbocycles. The van der Waals surface area contributed by atoms with Crippen LogP contribution in [0.1, 0.15) is 51.0 Å². The zero-order valence-corrected chi connectivity index (χ0v) is 15.0. The molecule has 2 N–H and O–H groups in total. The van der Waals surface area contributed by atoms with Crippen molar-refractivity contribution in [3.63, 3.8) is 0 Å². The maximum absolute atomic E-state index is 12.5. The fourth-order valence-corrected chi connectivity index (χ4v) is 3.84. The van der Waals surface area contributed by atoms with E-state index in [9.17, 15) is 4.79 Å². The van der Waals surface area contributed by atoms with Gasteiger partial charge in [-0.2, -0.15) is 0 Å². The minimum Gasteiger partial charge on any atom is -0.497 e. The summed E-state index contributed by atoms with van der Waals surface area (Å²) in [7, 11) is 1.69. The molecule has 0 heterocycles. The lowest BCUT2D eigenvalue weighted by molar-refractivity contribution is -0.917. The van der Waals surface area contributed by atoms with Crippen LogP contribution in [0, 0.1) is 5.92 Å². The quantitative estimate of drug-likeness (QED) is 0.802. The molecule has 1 unspecified atom stereocenters. The van der Waals surface area contributed by atoms with Gasteiger partial charge in [-0.25, -0.2) is 0 Å². The number of carbonyl (C=O) groups is 1. The maximum Gasteiger partial charge on any atom is 0.275 e. The zero-order valence-electron chi connectivity index (χ0n) is 15.0. The molecule has 4 heteroatoms. The van der Waals surface area contributed by atoms with E-state index in [1.54, 1.807) is 7.11 Å². The van der Waals surface area contributed by atoms with Gasteiger partial charge in [0, 0.05) is 24.4 Å². The van der Waals surface area contributed by atoms with Gasteiger partial charge in [0.1, 0.15) is 12.3 Å². The normalized spacial score (nSPS) is 25.1. The summed E-state index contributed by atoms with van der Waals surface area (Å²) in [6.07, 6.45) is 7.45. The predicted molar refractivity (Wildman–Crippen MR) is 95.1 cm³/mol. The number of ether oxygens (including phenoxy) is 1. The van der Waals surface area contributed by atoms with Gasteiger partial charge in [0.15, 0.2) is 6.54 Å². The standard InChI is InChI=1S/C20H30N2O2/c1-15-5-3-4-6-19(15)21-20(23)14-22(17-9-10-17)13-16-7-11-18(24-2)12-8-16/h7-8,11-12,15,17,19H,3-6,9-10,13-14H2,1-2H3,(H,21,23)/p+1/t15-,19+/m1/s1. The number of carbonyl (C=O) groups excluding carboxylic acids is 1. The van der Waals surface area contributed by atoms with Crippen LogP contribution in [0.5, 0.6) is 5.75 Å². The number of amides is 1. The van der Waals surface area contributed by atoms with Crippen LogP contribution in [0.4, 0.5) is 0 Å². The van der Waals surface area contributed by atoms with Crippen molar-refractivity contribution in [2.45, 2.75) is 64.1 Å². The van der Waals surface area contributed by atoms with E-state index in [0.29, 0.717) is 24.5 Å². The van der Waals surface area contributed by atoms with E-state index < -0.39 is 0 Å². The van der Waals surface area contributed by atoms with Crippen molar-refractivity contribution in [2.24, 2.45) is 5.92 Å². The number of rotatable bonds is 7. The molecule has 0 radical (unpaired) electrons. The lowest BCUT2D eigenvalue weighted by atomic mass is 9.86. The molecule has 3 rings (SSSR count). The molecule has 4 nitrogen and oxygen atoms in total. The second kappa shape index (κ2) is 8.02. The van der Waals surface area contributed by atoms with Crippen molar-refractivity contribution in [1.82, 2.24) is 5.32 Å². The molecular weight excluding hydrogens is 300 g/mol. The molecule has 0 saturated heterocycles. The first-order chi connectivity index (χ1) is 11.7. The Labute approximate surface area is 145 Å². The topological polar surface area (TPSA) is 42.8 Å². The van der Waals surface area contributed by atoms with Crippen LogP contribution in [0.3, 0.4) is 0 Å². The smallest absolute Gasteiger partial charge is 0.275 e. The fraction of sp³-hybridized carbons (Fsp3) is 0.650. The van der Waals surface area contributed by atoms with Crippen LogP contribution < -0.4 is 15.0 Å². The highest BCUT2D eigenvalue weighted by molar-refractivity contribution is 5.77. The summed E-state index contributed by atoms with van der Waals surface area (Å²) < 4.78 is 5.22. The molecule has 24 heavy (non-hydrogen) atoms. The van der Waals surface area contributed by atoms with E-state index >= 15 is 0 Å². The first-order valence-corrected chi connectivity index (χ1v) is 9.42. The summed E-state index contributed by atoms with van der Waals surface area (Å²) in [5.74, 6) is 1.73. The van der Waals surface area contributed by atoms with Gasteiger partial charge in [-0.3, -0.25) is 4.79 Å². The molecular formula is C20H31N2O2+. The Bertz CT molecular complexity index is 539. The molecule has 1 aromatic carbocycles. The average Bonchev–Trinajstić information content (AvgIpc) is 3.42. The highest BCUT2D eigenvalue weighted by atomic mass is 16.5. The lowest BCUT2D eigenvalue weighted by Gasteiger charge is -2.30. The first kappa shape index (κ1) is 17.3. The van der Waals surface area contributed by atoms with E-state index in [1.807, 2.05) is 12.1 Å². The molecule has 2 fully saturated rings. The molecule has 0 bridgehead atoms. The van der Waals surface area contributed by atoms with Crippen LogP contribution in [0.25, 0.3) is 0 Å². The maximum atomic E-state index is 12.5. The Hall–Kier alpha value is -1.55. The van der Waals surface area contributed by atoms with Crippen molar-refractivity contribution in [2.75, 3.05) is 13.7 Å². The Morgan fingerprint density at radius 1 is 1.17 bits per heavy atom. The van der Waals surface area contributed by atoms with Crippen LogP contribution >= 0.6 is 0 Å². The monoisotopic (exact) mass is 331 g/mol. The number of hydrogen-bond donors (Lipinski definition) is 2. The third-order valence-electron chi connectivity index (χ3n) is 5.59. The Morgan fingerprint density at radius 3 is 2.50 bits per heavy atom. The van der Waals surface area contributed by atoms with Crippen molar-refractivity contribution in [3.05, 3.63) is 29.8 Å². The summed E-state index contributed by atoms with van der Waals surface area (Å²) in [6.45, 7) is 3.79. The van der Waals surface area contributed by atoms with Crippen LogP contribution in [0.2, 0.25) is 0 Å². The number of quaternary nitrogens is 1. The van der Waals surface area contributed by atoms with E-state index in [-0.39, 0.29) is 5.91 Å². The van der Waals surface area contributed by atoms with E-state index in [4.69, 9.17) is 4.74 Å². The number of methoxy groups -OCH3 is 1. The number of hydrogen-bond acceptors (Lipinski definition) is 2. The van der Waals surface area contributed by atoms with E-state index in [2.05, 4.69) is 24.4 Å². The van der Waals surface area contributed by atoms with Crippen molar-refractivity contribution in [1.29, 1.82) is 0 Å². The molecule has 132 valence electrons. The molecule has 1 amide bonds. The Morgan fingerprint density at radius 2 is 1.88 bits per heavy atom. The molecule has 0 aliphatic heterocycles. The summed E-state index contributed by atoms with van der Waals surface area (Å²) in [5, 5.41) is 3.31. The van der Waals surface area contributed by atoms with Gasteiger partial charge in [-0.1, -0.05) is 19.8 Å². The minimum atomic E-state index is 0.226. The van der Waals surface area contributed by atoms with Crippen molar-refractivity contribution in [3.8, 4) is 5.75 Å². The second-order valence-corrected chi connectivity index (χ2v) is 7.57. The van der Waals surface area contributed by atoms with Crippen LogP contribution in [-0.2, 0) is 11.3 Å². The molecule has 0 spiro atoms. The van der Waals surface area contributed by atoms with Crippen molar-refractivity contribution >= 4 is 5.91 Å². The molecule has 1 aromatic rings. The second-order valence-electron chi connectivity index (χ2n) is 7.57. The van der Waals surface area contributed by atoms with Gasteiger partial charge in [0.2, 0.25) is 0 Å². The van der Waals surface area contributed by atoms with Gasteiger partial charge < -0.3 is 15.0 Å². The van der Waals surface area contributed by atoms with Gasteiger partial charge in [-0.15, -0.1) is 0 Å². The third kappa shape index (κ3) is 4.73. The lowest BCUT2D eigenvalue weighted by Crippen LogP contribution is -3.13. The van der Waals surface area contributed by atoms with Gasteiger partial charge in [-0.05, 0) is 43.0 Å². The Balaban J connectivity index is 1.54. The summed E-state index contributed by atoms with van der Waals surface area (Å²) in [6, 6.07) is 9.27. The molecule has 0 aromatic heterocycles. The highest BCUT2D eigenvalue weighted by Gasteiger charge is 2.35. The van der Waals surface area contributed by atoms with E-state index in [0.717, 1.165) is 18.7 Å². The molecule has 2 aliphatic rings. The first-order valence-electron chi connectivity index (χ1n) is 9.42. The average molecular weight is 331 g/mol. The summed E-state index contributed by atoms with van der Waals surface area (Å²) >= 11 is 0. The van der Waals surface area contributed by atoms with Gasteiger partial charge in [0.25, 0.3) is 5.91 Å². The molecule has 2 saturated carbocycles. The zero-order chi connectivity index (χ0) is 16.9.